The summed E-state index contributed by atoms with van der Waals surface area (Å²) in [6.07, 6.45) is -2.81. The summed E-state index contributed by atoms with van der Waals surface area (Å²) < 4.78 is 30.1. The van der Waals surface area contributed by atoms with Crippen LogP contribution < -0.4 is 0 Å². The van der Waals surface area contributed by atoms with Gasteiger partial charge in [0.15, 0.2) is 11.4 Å². The normalized spacial score (nSPS) is 10.1. The second-order valence-electron chi connectivity index (χ2n) is 2.88. The Morgan fingerprint density at radius 3 is 2.82 bits per heavy atom. The first-order chi connectivity index (χ1) is 8.01. The molecule has 0 bridgehead atoms. The molecule has 1 heterocycles. The SMILES string of the molecule is CCOC(=O)c1cc(I)c(C(F)F)c(C#N)n1. The van der Waals surface area contributed by atoms with Crippen molar-refractivity contribution in [1.82, 2.24) is 4.98 Å². The van der Waals surface area contributed by atoms with Gasteiger partial charge in [-0.3, -0.25) is 0 Å². The van der Waals surface area contributed by atoms with E-state index in [1.807, 2.05) is 0 Å². The Balaban J connectivity index is 3.28. The number of carbonyl (C=O) groups excluding carboxylic acids is 1. The van der Waals surface area contributed by atoms with Gasteiger partial charge in [-0.2, -0.15) is 5.26 Å². The highest BCUT2D eigenvalue weighted by molar-refractivity contribution is 14.1. The first kappa shape index (κ1) is 13.8. The van der Waals surface area contributed by atoms with Crippen molar-refractivity contribution in [3.8, 4) is 6.07 Å². The number of hydrogen-bond donors (Lipinski definition) is 0. The van der Waals surface area contributed by atoms with Gasteiger partial charge in [0, 0.05) is 3.57 Å². The smallest absolute Gasteiger partial charge is 0.357 e. The molecule has 0 N–H and O–H groups in total. The summed E-state index contributed by atoms with van der Waals surface area (Å²) in [4.78, 5) is 14.9. The molecule has 7 heteroatoms. The number of carbonyl (C=O) groups is 1. The first-order valence-electron chi connectivity index (χ1n) is 4.57. The zero-order valence-electron chi connectivity index (χ0n) is 8.71. The molecule has 0 saturated heterocycles. The van der Waals surface area contributed by atoms with Crippen LogP contribution in [0.25, 0.3) is 0 Å². The molecule has 90 valence electrons. The van der Waals surface area contributed by atoms with Gasteiger partial charge < -0.3 is 4.74 Å². The number of halogens is 3. The molecule has 0 amide bonds. The second kappa shape index (κ2) is 5.86. The molecule has 1 aromatic rings. The molecule has 17 heavy (non-hydrogen) atoms. The predicted molar refractivity (Wildman–Crippen MR) is 62.6 cm³/mol. The molecule has 0 spiro atoms. The molecule has 0 radical (unpaired) electrons. The maximum Gasteiger partial charge on any atom is 0.357 e. The van der Waals surface area contributed by atoms with Crippen molar-refractivity contribution >= 4 is 28.6 Å². The van der Waals surface area contributed by atoms with Crippen LogP contribution in [0.1, 0.15) is 35.1 Å². The van der Waals surface area contributed by atoms with Gasteiger partial charge in [0.1, 0.15) is 6.07 Å². The van der Waals surface area contributed by atoms with Crippen LogP contribution in [0.3, 0.4) is 0 Å². The molecule has 0 aliphatic heterocycles. The van der Waals surface area contributed by atoms with Crippen LogP contribution in [0.2, 0.25) is 0 Å². The van der Waals surface area contributed by atoms with Crippen LogP contribution in [-0.2, 0) is 4.74 Å². The third-order valence-corrected chi connectivity index (χ3v) is 2.71. The van der Waals surface area contributed by atoms with Crippen LogP contribution in [0.15, 0.2) is 6.07 Å². The summed E-state index contributed by atoms with van der Waals surface area (Å²) >= 11 is 1.63. The summed E-state index contributed by atoms with van der Waals surface area (Å²) in [7, 11) is 0. The van der Waals surface area contributed by atoms with Gasteiger partial charge in [0.2, 0.25) is 0 Å². The molecule has 0 unspecified atom stereocenters. The Morgan fingerprint density at radius 2 is 2.35 bits per heavy atom. The van der Waals surface area contributed by atoms with Crippen molar-refractivity contribution in [2.75, 3.05) is 6.61 Å². The number of rotatable bonds is 3. The summed E-state index contributed by atoms with van der Waals surface area (Å²) in [5, 5.41) is 8.73. The van der Waals surface area contributed by atoms with Crippen LogP contribution in [-0.4, -0.2) is 17.6 Å². The van der Waals surface area contributed by atoms with Crippen molar-refractivity contribution in [2.45, 2.75) is 13.3 Å². The molecule has 0 atom stereocenters. The van der Waals surface area contributed by atoms with E-state index in [0.717, 1.165) is 0 Å². The molecule has 1 rings (SSSR count). The Hall–Kier alpha value is -1.30. The second-order valence-corrected chi connectivity index (χ2v) is 4.05. The van der Waals surface area contributed by atoms with Crippen LogP contribution in [0, 0.1) is 14.9 Å². The van der Waals surface area contributed by atoms with E-state index >= 15 is 0 Å². The number of nitriles is 1. The van der Waals surface area contributed by atoms with E-state index in [2.05, 4.69) is 9.72 Å². The summed E-state index contributed by atoms with van der Waals surface area (Å²) in [5.41, 5.74) is -1.05. The molecule has 0 aromatic carbocycles. The lowest BCUT2D eigenvalue weighted by molar-refractivity contribution is 0.0518. The van der Waals surface area contributed by atoms with Gasteiger partial charge in [-0.15, -0.1) is 0 Å². The van der Waals surface area contributed by atoms with Gasteiger partial charge >= 0.3 is 5.97 Å². The average molecular weight is 352 g/mol. The third-order valence-electron chi connectivity index (χ3n) is 1.82. The molecule has 0 fully saturated rings. The average Bonchev–Trinajstić information content (AvgIpc) is 2.27. The lowest BCUT2D eigenvalue weighted by Crippen LogP contribution is -2.10. The lowest BCUT2D eigenvalue weighted by Gasteiger charge is -2.07. The number of hydrogen-bond acceptors (Lipinski definition) is 4. The molecule has 0 aliphatic rings. The van der Waals surface area contributed by atoms with Gasteiger partial charge in [-0.25, -0.2) is 18.6 Å². The van der Waals surface area contributed by atoms with Gasteiger partial charge in [0.25, 0.3) is 6.43 Å². The van der Waals surface area contributed by atoms with E-state index in [1.54, 1.807) is 35.6 Å². The topological polar surface area (TPSA) is 63.0 Å². The molecule has 4 nitrogen and oxygen atoms in total. The van der Waals surface area contributed by atoms with Gasteiger partial charge in [-0.05, 0) is 35.6 Å². The summed E-state index contributed by atoms with van der Waals surface area (Å²) in [5.74, 6) is -0.734. The minimum atomic E-state index is -2.81. The largest absolute Gasteiger partial charge is 0.461 e. The van der Waals surface area contributed by atoms with Crippen molar-refractivity contribution < 1.29 is 18.3 Å². The third kappa shape index (κ3) is 3.09. The van der Waals surface area contributed by atoms with Crippen molar-refractivity contribution in [3.63, 3.8) is 0 Å². The number of nitrogens with zero attached hydrogens (tertiary/aromatic N) is 2. The molecular formula is C10H7F2IN2O2. The van der Waals surface area contributed by atoms with E-state index in [0.29, 0.717) is 0 Å². The molecule has 1 aromatic heterocycles. The Morgan fingerprint density at radius 1 is 1.71 bits per heavy atom. The lowest BCUT2D eigenvalue weighted by atomic mass is 10.2. The monoisotopic (exact) mass is 352 g/mol. The fourth-order valence-corrected chi connectivity index (χ4v) is 1.91. The highest BCUT2D eigenvalue weighted by Gasteiger charge is 2.21. The quantitative estimate of drug-likeness (QED) is 0.620. The maximum atomic E-state index is 12.6. The Bertz CT molecular complexity index is 486. The van der Waals surface area contributed by atoms with Gasteiger partial charge in [0.05, 0.1) is 12.2 Å². The maximum absolute atomic E-state index is 12.6. The fraction of sp³-hybridized carbons (Fsp3) is 0.300. The number of ether oxygens (including phenoxy) is 1. The van der Waals surface area contributed by atoms with E-state index in [-0.39, 0.29) is 15.9 Å². The predicted octanol–water partition coefficient (Wildman–Crippen LogP) is 2.67. The minimum absolute atomic E-state index is 0.118. The van der Waals surface area contributed by atoms with E-state index in [9.17, 15) is 13.6 Å². The molecule has 0 saturated carbocycles. The Labute approximate surface area is 110 Å². The molecular weight excluding hydrogens is 345 g/mol. The first-order valence-corrected chi connectivity index (χ1v) is 5.65. The van der Waals surface area contributed by atoms with Gasteiger partial charge in [-0.1, -0.05) is 0 Å². The number of aromatic nitrogens is 1. The van der Waals surface area contributed by atoms with Crippen molar-refractivity contribution in [3.05, 3.63) is 26.6 Å². The zero-order valence-corrected chi connectivity index (χ0v) is 10.9. The minimum Gasteiger partial charge on any atom is -0.461 e. The molecule has 0 aliphatic carbocycles. The highest BCUT2D eigenvalue weighted by Crippen LogP contribution is 2.27. The number of alkyl halides is 2. The zero-order chi connectivity index (χ0) is 13.0. The van der Waals surface area contributed by atoms with Crippen molar-refractivity contribution in [2.24, 2.45) is 0 Å². The highest BCUT2D eigenvalue weighted by atomic mass is 127. The van der Waals surface area contributed by atoms with Crippen LogP contribution >= 0.6 is 22.6 Å². The van der Waals surface area contributed by atoms with E-state index < -0.39 is 23.7 Å². The van der Waals surface area contributed by atoms with Crippen LogP contribution in [0.5, 0.6) is 0 Å². The fourth-order valence-electron chi connectivity index (χ4n) is 1.13. The standard InChI is InChI=1S/C10H7F2IN2O2/c1-2-17-10(16)6-3-5(13)8(9(11)12)7(4-14)15-6/h3,9H,2H2,1H3. The van der Waals surface area contributed by atoms with E-state index in [1.165, 1.54) is 6.07 Å². The number of pyridine rings is 1. The van der Waals surface area contributed by atoms with Crippen LogP contribution in [0.4, 0.5) is 8.78 Å². The van der Waals surface area contributed by atoms with Crippen molar-refractivity contribution in [1.29, 1.82) is 5.26 Å². The summed E-state index contributed by atoms with van der Waals surface area (Å²) in [6.45, 7) is 1.76. The van der Waals surface area contributed by atoms with E-state index in [4.69, 9.17) is 5.26 Å². The Kier molecular flexibility index (Phi) is 4.74. The number of esters is 1. The summed E-state index contributed by atoms with van der Waals surface area (Å²) in [6, 6.07) is 2.73.